The molecule has 0 heterocycles. The van der Waals surface area contributed by atoms with Crippen LogP contribution >= 0.6 is 11.8 Å². The van der Waals surface area contributed by atoms with Crippen LogP contribution in [-0.2, 0) is 9.68 Å². The molecule has 0 aliphatic carbocycles. The van der Waals surface area contributed by atoms with E-state index in [9.17, 15) is 0 Å². The second-order valence-electron chi connectivity index (χ2n) is 1.33. The van der Waals surface area contributed by atoms with Crippen molar-refractivity contribution in [3.8, 4) is 0 Å². The third-order valence-electron chi connectivity index (χ3n) is 0.568. The second-order valence-corrected chi connectivity index (χ2v) is 1.60. The molecular weight excluding hydrogens is 162 g/mol. The van der Waals surface area contributed by atoms with Gasteiger partial charge in [-0.3, -0.25) is 9.68 Å². The van der Waals surface area contributed by atoms with Gasteiger partial charge < -0.3 is 10.2 Å². The Bertz CT molecular complexity index is 66.3. The minimum Gasteiger partial charge on any atom is -0.394 e. The van der Waals surface area contributed by atoms with Gasteiger partial charge in [-0.15, -0.1) is 0 Å². The van der Waals surface area contributed by atoms with Crippen molar-refractivity contribution in [3.63, 3.8) is 0 Å². The lowest BCUT2D eigenvalue weighted by molar-refractivity contribution is -0.307. The first-order chi connectivity index (χ1) is 4.81. The molecule has 10 heavy (non-hydrogen) atoms. The fourth-order valence-electron chi connectivity index (χ4n) is 0.262. The average molecular weight is 172 g/mol. The van der Waals surface area contributed by atoms with Gasteiger partial charge in [-0.2, -0.15) is 0 Å². The summed E-state index contributed by atoms with van der Waals surface area (Å²) in [5.74, 6) is 0. The minimum atomic E-state index is -0.133. The van der Waals surface area contributed by atoms with Crippen LogP contribution in [0.3, 0.4) is 0 Å². The number of hydrogen-bond donors (Lipinski definition) is 2. The molecule has 2 N–H and O–H groups in total. The second kappa shape index (κ2) is 7.20. The zero-order valence-corrected chi connectivity index (χ0v) is 6.12. The standard InChI is InChI=1S/C4H10ClNO4/c5-6(9-3-1-7)10-4-2-8/h7-8H,1-4H2. The Morgan fingerprint density at radius 1 is 1.10 bits per heavy atom. The van der Waals surface area contributed by atoms with E-state index in [2.05, 4.69) is 9.68 Å². The molecule has 0 amide bonds. The molecule has 0 saturated heterocycles. The number of nitrogens with zero attached hydrogens (tertiary/aromatic N) is 1. The molecule has 0 atom stereocenters. The molecule has 0 bridgehead atoms. The molecule has 0 aliphatic rings. The third kappa shape index (κ3) is 6.21. The van der Waals surface area contributed by atoms with Gasteiger partial charge in [0.2, 0.25) is 0 Å². The molecule has 0 aromatic heterocycles. The summed E-state index contributed by atoms with van der Waals surface area (Å²) in [5, 5.41) is 16.5. The van der Waals surface area contributed by atoms with Crippen LogP contribution in [0.1, 0.15) is 0 Å². The van der Waals surface area contributed by atoms with Crippen molar-refractivity contribution < 1.29 is 19.9 Å². The molecule has 0 fully saturated rings. The summed E-state index contributed by atoms with van der Waals surface area (Å²) in [5.41, 5.74) is 0. The lowest BCUT2D eigenvalue weighted by atomic mass is 10.8. The van der Waals surface area contributed by atoms with Crippen molar-refractivity contribution in [3.05, 3.63) is 0 Å². The minimum absolute atomic E-state index is 0.0644. The SMILES string of the molecule is OCCON(Cl)OCCO. The summed E-state index contributed by atoms with van der Waals surface area (Å²) < 4.78 is 0.576. The van der Waals surface area contributed by atoms with E-state index in [0.29, 0.717) is 4.75 Å². The zero-order valence-electron chi connectivity index (χ0n) is 5.36. The van der Waals surface area contributed by atoms with Crippen molar-refractivity contribution >= 4 is 11.8 Å². The zero-order chi connectivity index (χ0) is 7.82. The van der Waals surface area contributed by atoms with Crippen LogP contribution in [0.25, 0.3) is 0 Å². The maximum absolute atomic E-state index is 8.23. The number of aliphatic hydroxyl groups excluding tert-OH is 2. The molecular formula is C4H10ClNO4. The maximum atomic E-state index is 8.23. The molecule has 0 radical (unpaired) electrons. The van der Waals surface area contributed by atoms with Crippen molar-refractivity contribution in [2.45, 2.75) is 0 Å². The lowest BCUT2D eigenvalue weighted by Gasteiger charge is -2.10. The molecule has 62 valence electrons. The predicted octanol–water partition coefficient (Wildman–Crippen LogP) is -0.710. The van der Waals surface area contributed by atoms with Crippen molar-refractivity contribution in [2.75, 3.05) is 26.4 Å². The van der Waals surface area contributed by atoms with Crippen LogP contribution in [0.15, 0.2) is 0 Å². The first-order valence-corrected chi connectivity index (χ1v) is 3.08. The normalized spacial score (nSPS) is 10.8. The van der Waals surface area contributed by atoms with E-state index in [1.165, 1.54) is 0 Å². The van der Waals surface area contributed by atoms with Crippen LogP contribution in [0, 0.1) is 0 Å². The van der Waals surface area contributed by atoms with E-state index in [0.717, 1.165) is 0 Å². The number of rotatable bonds is 6. The summed E-state index contributed by atoms with van der Waals surface area (Å²) in [6.07, 6.45) is 0. The first kappa shape index (κ1) is 10.1. The van der Waals surface area contributed by atoms with Crippen LogP contribution in [0.2, 0.25) is 0 Å². The molecule has 0 unspecified atom stereocenters. The lowest BCUT2D eigenvalue weighted by Crippen LogP contribution is -2.18. The Morgan fingerprint density at radius 3 is 1.80 bits per heavy atom. The van der Waals surface area contributed by atoms with Gasteiger partial charge in [0.05, 0.1) is 26.4 Å². The smallest absolute Gasteiger partial charge is 0.0956 e. The molecule has 0 spiro atoms. The molecule has 5 nitrogen and oxygen atoms in total. The van der Waals surface area contributed by atoms with Gasteiger partial charge >= 0.3 is 0 Å². The fourth-order valence-corrected chi connectivity index (χ4v) is 0.400. The van der Waals surface area contributed by atoms with E-state index in [-0.39, 0.29) is 26.4 Å². The van der Waals surface area contributed by atoms with Gasteiger partial charge in [0.1, 0.15) is 0 Å². The van der Waals surface area contributed by atoms with Gasteiger partial charge in [-0.05, 0) is 0 Å². The summed E-state index contributed by atoms with van der Waals surface area (Å²) in [6, 6.07) is 0. The van der Waals surface area contributed by atoms with Crippen molar-refractivity contribution in [1.82, 2.24) is 4.75 Å². The Hall–Kier alpha value is 0.0900. The van der Waals surface area contributed by atoms with Crippen LogP contribution in [0.5, 0.6) is 0 Å². The Balaban J connectivity index is 3.00. The van der Waals surface area contributed by atoms with Crippen LogP contribution < -0.4 is 0 Å². The highest BCUT2D eigenvalue weighted by Gasteiger charge is 1.98. The Kier molecular flexibility index (Phi) is 7.26. The Labute approximate surface area is 63.7 Å². The molecule has 0 aromatic rings. The Morgan fingerprint density at radius 2 is 1.50 bits per heavy atom. The quantitative estimate of drug-likeness (QED) is 0.409. The molecule has 0 saturated carbocycles. The largest absolute Gasteiger partial charge is 0.394 e. The van der Waals surface area contributed by atoms with Crippen LogP contribution in [-0.4, -0.2) is 41.4 Å². The van der Waals surface area contributed by atoms with E-state index >= 15 is 0 Å². The highest BCUT2D eigenvalue weighted by molar-refractivity contribution is 6.11. The average Bonchev–Trinajstić information content (AvgIpc) is 1.97. The van der Waals surface area contributed by atoms with Gasteiger partial charge in [0.25, 0.3) is 0 Å². The van der Waals surface area contributed by atoms with Gasteiger partial charge in [0, 0.05) is 16.5 Å². The van der Waals surface area contributed by atoms with Gasteiger partial charge in [0.15, 0.2) is 0 Å². The predicted molar refractivity (Wildman–Crippen MR) is 33.8 cm³/mol. The monoisotopic (exact) mass is 171 g/mol. The maximum Gasteiger partial charge on any atom is 0.0956 e. The van der Waals surface area contributed by atoms with E-state index in [1.807, 2.05) is 0 Å². The molecule has 0 aromatic carbocycles. The molecule has 0 rings (SSSR count). The van der Waals surface area contributed by atoms with E-state index in [1.54, 1.807) is 0 Å². The van der Waals surface area contributed by atoms with E-state index in [4.69, 9.17) is 22.0 Å². The summed E-state index contributed by atoms with van der Waals surface area (Å²) in [4.78, 5) is 9.02. The first-order valence-electron chi connectivity index (χ1n) is 2.74. The summed E-state index contributed by atoms with van der Waals surface area (Å²) in [7, 11) is 0. The molecule has 6 heteroatoms. The highest BCUT2D eigenvalue weighted by Crippen LogP contribution is 1.95. The van der Waals surface area contributed by atoms with Gasteiger partial charge in [-0.1, -0.05) is 0 Å². The van der Waals surface area contributed by atoms with Crippen molar-refractivity contribution in [1.29, 1.82) is 0 Å². The topological polar surface area (TPSA) is 62.2 Å². The fraction of sp³-hybridized carbons (Fsp3) is 1.00. The van der Waals surface area contributed by atoms with Crippen LogP contribution in [0.4, 0.5) is 0 Å². The highest BCUT2D eigenvalue weighted by atomic mass is 35.5. The number of halogens is 1. The van der Waals surface area contributed by atoms with Gasteiger partial charge in [-0.25, -0.2) is 0 Å². The summed E-state index contributed by atoms with van der Waals surface area (Å²) >= 11 is 5.21. The number of aliphatic hydroxyl groups is 2. The van der Waals surface area contributed by atoms with E-state index < -0.39 is 0 Å². The third-order valence-corrected chi connectivity index (χ3v) is 0.763. The number of hydrogen-bond acceptors (Lipinski definition) is 5. The summed E-state index contributed by atoms with van der Waals surface area (Å²) in [6.45, 7) is -0.138. The molecule has 0 aliphatic heterocycles. The van der Waals surface area contributed by atoms with Crippen molar-refractivity contribution in [2.24, 2.45) is 0 Å².